The van der Waals surface area contributed by atoms with Gasteiger partial charge in [-0.3, -0.25) is 18.6 Å². The summed E-state index contributed by atoms with van der Waals surface area (Å²) >= 11 is 0. The number of hydrogen-bond donors (Lipinski definition) is 0. The van der Waals surface area contributed by atoms with Gasteiger partial charge in [0.25, 0.3) is 0 Å². The normalized spacial score (nSPS) is 13.9. The molecular formula is C22H19BF2N2. The lowest BCUT2D eigenvalue weighted by atomic mass is 9.73. The second kappa shape index (κ2) is 7.83. The van der Waals surface area contributed by atoms with Crippen LogP contribution in [-0.2, 0) is 0 Å². The van der Waals surface area contributed by atoms with Crippen molar-refractivity contribution in [1.82, 2.24) is 9.97 Å². The summed E-state index contributed by atoms with van der Waals surface area (Å²) in [6.45, 7) is 0. The first-order chi connectivity index (χ1) is 13.3. The molecule has 0 saturated carbocycles. The molecule has 1 aromatic carbocycles. The van der Waals surface area contributed by atoms with Crippen molar-refractivity contribution in [3.8, 4) is 22.5 Å². The van der Waals surface area contributed by atoms with Gasteiger partial charge in [-0.2, -0.15) is 0 Å². The third kappa shape index (κ3) is 3.54. The molecule has 0 fully saturated rings. The second-order valence-electron chi connectivity index (χ2n) is 6.67. The van der Waals surface area contributed by atoms with Crippen LogP contribution >= 0.6 is 0 Å². The quantitative estimate of drug-likeness (QED) is 0.582. The van der Waals surface area contributed by atoms with E-state index in [4.69, 9.17) is 0 Å². The molecule has 0 radical (unpaired) electrons. The molecule has 4 rings (SSSR count). The molecule has 0 saturated heterocycles. The molecule has 0 unspecified atom stereocenters. The highest BCUT2D eigenvalue weighted by Crippen LogP contribution is 2.35. The molecular weight excluding hydrogens is 341 g/mol. The second-order valence-corrected chi connectivity index (χ2v) is 6.67. The average Bonchev–Trinajstić information content (AvgIpc) is 2.74. The minimum atomic E-state index is -2.63. The average molecular weight is 360 g/mol. The molecule has 0 bridgehead atoms. The van der Waals surface area contributed by atoms with Crippen LogP contribution in [-0.4, -0.2) is 17.2 Å². The Morgan fingerprint density at radius 1 is 0.889 bits per heavy atom. The van der Waals surface area contributed by atoms with Crippen LogP contribution < -0.4 is 5.46 Å². The summed E-state index contributed by atoms with van der Waals surface area (Å²) in [5, 5.41) is 0. The molecule has 2 heterocycles. The van der Waals surface area contributed by atoms with Crippen molar-refractivity contribution in [3.05, 3.63) is 72.6 Å². The maximum atomic E-state index is 14.3. The Hall–Kier alpha value is -2.82. The SMILES string of the molecule is FB(F)c1c(-c2ccccn2)ncc(-c2ccccc2)c1C1=CCCCC1. The third-order valence-electron chi connectivity index (χ3n) is 4.94. The Labute approximate surface area is 158 Å². The largest absolute Gasteiger partial charge is 0.574 e. The van der Waals surface area contributed by atoms with Gasteiger partial charge in [-0.15, -0.1) is 0 Å². The van der Waals surface area contributed by atoms with Gasteiger partial charge in [-0.25, -0.2) is 0 Å². The molecule has 1 aliphatic carbocycles. The Balaban J connectivity index is 2.01. The fourth-order valence-electron chi connectivity index (χ4n) is 3.69. The van der Waals surface area contributed by atoms with E-state index in [0.717, 1.165) is 42.4 Å². The van der Waals surface area contributed by atoms with Crippen LogP contribution in [0, 0.1) is 0 Å². The fraction of sp³-hybridized carbons (Fsp3) is 0.182. The van der Waals surface area contributed by atoms with Gasteiger partial charge < -0.3 is 0 Å². The number of halogens is 2. The minimum Gasteiger partial charge on any atom is -0.281 e. The van der Waals surface area contributed by atoms with Crippen molar-refractivity contribution in [2.75, 3.05) is 0 Å². The Morgan fingerprint density at radius 2 is 1.70 bits per heavy atom. The van der Waals surface area contributed by atoms with Crippen molar-refractivity contribution in [2.24, 2.45) is 0 Å². The number of allylic oxidation sites excluding steroid dienone is 2. The van der Waals surface area contributed by atoms with Crippen molar-refractivity contribution >= 4 is 18.3 Å². The van der Waals surface area contributed by atoms with E-state index in [1.165, 1.54) is 0 Å². The van der Waals surface area contributed by atoms with Gasteiger partial charge in [0.1, 0.15) is 0 Å². The number of nitrogens with zero attached hydrogens (tertiary/aromatic N) is 2. The van der Waals surface area contributed by atoms with E-state index < -0.39 is 7.27 Å². The van der Waals surface area contributed by atoms with E-state index in [9.17, 15) is 8.63 Å². The molecule has 134 valence electrons. The number of aromatic nitrogens is 2. The Morgan fingerprint density at radius 3 is 2.37 bits per heavy atom. The summed E-state index contributed by atoms with van der Waals surface area (Å²) < 4.78 is 28.7. The van der Waals surface area contributed by atoms with E-state index in [1.54, 1.807) is 30.6 Å². The maximum Gasteiger partial charge on any atom is 0.574 e. The molecule has 0 amide bonds. The van der Waals surface area contributed by atoms with Gasteiger partial charge in [0.2, 0.25) is 0 Å². The van der Waals surface area contributed by atoms with Crippen molar-refractivity contribution in [2.45, 2.75) is 25.7 Å². The minimum absolute atomic E-state index is 0.0109. The lowest BCUT2D eigenvalue weighted by Gasteiger charge is -2.21. The summed E-state index contributed by atoms with van der Waals surface area (Å²) in [4.78, 5) is 8.70. The lowest BCUT2D eigenvalue weighted by molar-refractivity contribution is 0.684. The molecule has 0 atom stereocenters. The first kappa shape index (κ1) is 17.6. The zero-order valence-corrected chi connectivity index (χ0v) is 14.9. The van der Waals surface area contributed by atoms with Gasteiger partial charge in [0, 0.05) is 23.4 Å². The predicted molar refractivity (Wildman–Crippen MR) is 107 cm³/mol. The van der Waals surface area contributed by atoms with Gasteiger partial charge in [0.15, 0.2) is 0 Å². The van der Waals surface area contributed by atoms with Crippen molar-refractivity contribution in [3.63, 3.8) is 0 Å². The summed E-state index contributed by atoms with van der Waals surface area (Å²) in [5.74, 6) is 0. The van der Waals surface area contributed by atoms with Gasteiger partial charge >= 0.3 is 7.27 Å². The molecule has 0 N–H and O–H groups in total. The van der Waals surface area contributed by atoms with Crippen LogP contribution in [0.2, 0.25) is 0 Å². The van der Waals surface area contributed by atoms with Crippen LogP contribution in [0.15, 0.2) is 67.0 Å². The molecule has 1 aliphatic rings. The molecule has 0 aliphatic heterocycles. The number of benzene rings is 1. The molecule has 27 heavy (non-hydrogen) atoms. The van der Waals surface area contributed by atoms with Crippen molar-refractivity contribution in [1.29, 1.82) is 0 Å². The Bertz CT molecular complexity index is 957. The van der Waals surface area contributed by atoms with Crippen LogP contribution in [0.25, 0.3) is 28.1 Å². The molecule has 3 aromatic rings. The first-order valence-corrected chi connectivity index (χ1v) is 9.23. The highest BCUT2D eigenvalue weighted by molar-refractivity contribution is 6.63. The monoisotopic (exact) mass is 360 g/mol. The van der Waals surface area contributed by atoms with Crippen LogP contribution in [0.5, 0.6) is 0 Å². The number of pyridine rings is 2. The molecule has 2 nitrogen and oxygen atoms in total. The van der Waals surface area contributed by atoms with E-state index >= 15 is 0 Å². The van der Waals surface area contributed by atoms with E-state index in [1.807, 2.05) is 30.3 Å². The number of hydrogen-bond acceptors (Lipinski definition) is 2. The summed E-state index contributed by atoms with van der Waals surface area (Å²) in [6.07, 6.45) is 9.29. The Kier molecular flexibility index (Phi) is 5.10. The van der Waals surface area contributed by atoms with Crippen molar-refractivity contribution < 1.29 is 8.63 Å². The molecule has 0 spiro atoms. The highest BCUT2D eigenvalue weighted by Gasteiger charge is 2.30. The molecule has 2 aromatic heterocycles. The predicted octanol–water partition coefficient (Wildman–Crippen LogP) is 5.40. The van der Waals surface area contributed by atoms with Crippen LogP contribution in [0.3, 0.4) is 0 Å². The van der Waals surface area contributed by atoms with Gasteiger partial charge in [-0.05, 0) is 54.5 Å². The maximum absolute atomic E-state index is 14.3. The topological polar surface area (TPSA) is 25.8 Å². The van der Waals surface area contributed by atoms with E-state index in [0.29, 0.717) is 11.3 Å². The fourth-order valence-corrected chi connectivity index (χ4v) is 3.69. The molecule has 5 heteroatoms. The van der Waals surface area contributed by atoms with E-state index in [-0.39, 0.29) is 11.2 Å². The smallest absolute Gasteiger partial charge is 0.281 e. The first-order valence-electron chi connectivity index (χ1n) is 9.23. The van der Waals surface area contributed by atoms with Gasteiger partial charge in [0.05, 0.1) is 11.4 Å². The summed E-state index contributed by atoms with van der Waals surface area (Å²) in [5.41, 5.74) is 4.03. The van der Waals surface area contributed by atoms with Crippen LogP contribution in [0.1, 0.15) is 31.2 Å². The van der Waals surface area contributed by atoms with E-state index in [2.05, 4.69) is 16.0 Å². The standard InChI is InChI=1S/C22H19BF2N2/c24-23(25)21-20(17-11-5-2-6-12-17)18(16-9-3-1-4-10-16)15-27-22(21)19-13-7-8-14-26-19/h1,3-4,7-11,13-15H,2,5-6,12H2. The zero-order valence-electron chi connectivity index (χ0n) is 14.9. The third-order valence-corrected chi connectivity index (χ3v) is 4.94. The van der Waals surface area contributed by atoms with Crippen LogP contribution in [0.4, 0.5) is 8.63 Å². The highest BCUT2D eigenvalue weighted by atomic mass is 19.2. The zero-order chi connectivity index (χ0) is 18.6. The number of rotatable bonds is 4. The summed E-state index contributed by atoms with van der Waals surface area (Å²) in [6, 6.07) is 15.0. The summed E-state index contributed by atoms with van der Waals surface area (Å²) in [7, 11) is -2.63. The lowest BCUT2D eigenvalue weighted by Crippen LogP contribution is -2.29. The van der Waals surface area contributed by atoms with Gasteiger partial charge in [-0.1, -0.05) is 42.5 Å².